The molecule has 110 valence electrons. The number of hydrogen-bond acceptors (Lipinski definition) is 3. The summed E-state index contributed by atoms with van der Waals surface area (Å²) in [5.41, 5.74) is 0.740. The number of amides is 2. The van der Waals surface area contributed by atoms with Gasteiger partial charge in [0.1, 0.15) is 5.82 Å². The molecule has 0 saturated carbocycles. The van der Waals surface area contributed by atoms with Gasteiger partial charge >= 0.3 is 6.03 Å². The number of rotatable bonds is 2. The van der Waals surface area contributed by atoms with Crippen molar-refractivity contribution >= 4 is 23.3 Å². The fraction of sp³-hybridized carbons (Fsp3) is 0.462. The molecule has 0 bridgehead atoms. The maximum atomic E-state index is 13.3. The van der Waals surface area contributed by atoms with E-state index in [9.17, 15) is 14.3 Å². The third kappa shape index (κ3) is 3.20. The Hall–Kier alpha value is -1.37. The van der Waals surface area contributed by atoms with E-state index in [0.717, 1.165) is 6.07 Å². The number of hydrogen-bond donors (Lipinski definition) is 2. The molecular weight excluding hydrogens is 287 g/mol. The van der Waals surface area contributed by atoms with Crippen LogP contribution in [0.2, 0.25) is 5.02 Å². The standard InChI is InChI=1S/C13H16ClFN2O3/c1-8-4-12(10(14)5-11(8)15)16-13(19)17-2-3-20-7-9(17)6-18/h4-5,9,18H,2-3,6-7H2,1H3,(H,16,19). The number of aliphatic hydroxyl groups is 1. The predicted molar refractivity (Wildman–Crippen MR) is 73.6 cm³/mol. The lowest BCUT2D eigenvalue weighted by Gasteiger charge is -2.34. The normalized spacial score (nSPS) is 19.0. The fourth-order valence-corrected chi connectivity index (χ4v) is 2.21. The number of benzene rings is 1. The van der Waals surface area contributed by atoms with Crippen molar-refractivity contribution in [2.45, 2.75) is 13.0 Å². The first-order chi connectivity index (χ1) is 9.52. The molecule has 2 N–H and O–H groups in total. The largest absolute Gasteiger partial charge is 0.394 e. The molecule has 1 heterocycles. The van der Waals surface area contributed by atoms with Gasteiger partial charge in [0.15, 0.2) is 0 Å². The van der Waals surface area contributed by atoms with Gasteiger partial charge in [-0.25, -0.2) is 9.18 Å². The maximum absolute atomic E-state index is 13.3. The molecule has 1 aromatic rings. The van der Waals surface area contributed by atoms with E-state index >= 15 is 0 Å². The zero-order chi connectivity index (χ0) is 14.7. The molecule has 20 heavy (non-hydrogen) atoms. The molecule has 7 heteroatoms. The van der Waals surface area contributed by atoms with Crippen LogP contribution in [0.15, 0.2) is 12.1 Å². The highest BCUT2D eigenvalue weighted by atomic mass is 35.5. The predicted octanol–water partition coefficient (Wildman–Crippen LogP) is 2.01. The number of halogens is 2. The highest BCUT2D eigenvalue weighted by Gasteiger charge is 2.27. The number of morpholine rings is 1. The van der Waals surface area contributed by atoms with Crippen molar-refractivity contribution in [3.8, 4) is 0 Å². The lowest BCUT2D eigenvalue weighted by molar-refractivity contribution is -0.00485. The van der Waals surface area contributed by atoms with E-state index in [2.05, 4.69) is 5.32 Å². The number of urea groups is 1. The molecule has 0 aliphatic carbocycles. The molecular formula is C13H16ClFN2O3. The molecule has 1 aliphatic rings. The summed E-state index contributed by atoms with van der Waals surface area (Å²) < 4.78 is 18.5. The van der Waals surface area contributed by atoms with E-state index in [0.29, 0.717) is 31.0 Å². The molecule has 1 aromatic carbocycles. The van der Waals surface area contributed by atoms with Gasteiger partial charge in [-0.3, -0.25) is 0 Å². The zero-order valence-corrected chi connectivity index (χ0v) is 11.8. The Kier molecular flexibility index (Phi) is 4.80. The molecule has 1 atom stereocenters. The second-order valence-electron chi connectivity index (χ2n) is 4.62. The number of nitrogens with one attached hydrogen (secondary N) is 1. The molecule has 2 amide bonds. The number of ether oxygens (including phenoxy) is 1. The highest BCUT2D eigenvalue weighted by molar-refractivity contribution is 6.33. The Labute approximate surface area is 121 Å². The second-order valence-corrected chi connectivity index (χ2v) is 5.02. The van der Waals surface area contributed by atoms with Gasteiger partial charge in [0, 0.05) is 6.54 Å². The molecule has 1 fully saturated rings. The number of aryl methyl sites for hydroxylation is 1. The quantitative estimate of drug-likeness (QED) is 0.878. The van der Waals surface area contributed by atoms with Gasteiger partial charge in [0.2, 0.25) is 0 Å². The van der Waals surface area contributed by atoms with Gasteiger partial charge in [-0.15, -0.1) is 0 Å². The van der Waals surface area contributed by atoms with Crippen LogP contribution in [0.25, 0.3) is 0 Å². The van der Waals surface area contributed by atoms with Gasteiger partial charge in [-0.2, -0.15) is 0 Å². The smallest absolute Gasteiger partial charge is 0.322 e. The topological polar surface area (TPSA) is 61.8 Å². The van der Waals surface area contributed by atoms with Crippen LogP contribution in [-0.2, 0) is 4.74 Å². The molecule has 0 aromatic heterocycles. The minimum Gasteiger partial charge on any atom is -0.394 e. The van der Waals surface area contributed by atoms with Gasteiger partial charge in [-0.05, 0) is 24.6 Å². The fourth-order valence-electron chi connectivity index (χ4n) is 2.01. The number of carbonyl (C=O) groups is 1. The van der Waals surface area contributed by atoms with Crippen molar-refractivity contribution in [3.63, 3.8) is 0 Å². The van der Waals surface area contributed by atoms with Crippen molar-refractivity contribution in [1.29, 1.82) is 0 Å². The van der Waals surface area contributed by atoms with Crippen molar-refractivity contribution < 1.29 is 19.0 Å². The minimum atomic E-state index is -0.424. The van der Waals surface area contributed by atoms with E-state index in [1.165, 1.54) is 11.0 Å². The Morgan fingerprint density at radius 2 is 2.40 bits per heavy atom. The summed E-state index contributed by atoms with van der Waals surface area (Å²) in [5, 5.41) is 12.0. The van der Waals surface area contributed by atoms with Crippen LogP contribution in [0.1, 0.15) is 5.56 Å². The van der Waals surface area contributed by atoms with Gasteiger partial charge in [0.05, 0.1) is 36.6 Å². The molecule has 5 nitrogen and oxygen atoms in total. The van der Waals surface area contributed by atoms with Crippen molar-refractivity contribution in [3.05, 3.63) is 28.5 Å². The maximum Gasteiger partial charge on any atom is 0.322 e. The lowest BCUT2D eigenvalue weighted by Crippen LogP contribution is -2.52. The summed E-state index contributed by atoms with van der Waals surface area (Å²) in [6.45, 7) is 2.51. The zero-order valence-electron chi connectivity index (χ0n) is 11.0. The highest BCUT2D eigenvalue weighted by Crippen LogP contribution is 2.25. The van der Waals surface area contributed by atoms with Crippen LogP contribution in [0.4, 0.5) is 14.9 Å². The van der Waals surface area contributed by atoms with Crippen molar-refractivity contribution in [2.75, 3.05) is 31.7 Å². The first kappa shape index (κ1) is 15.0. The SMILES string of the molecule is Cc1cc(NC(=O)N2CCOCC2CO)c(Cl)cc1F. The first-order valence-corrected chi connectivity index (χ1v) is 6.62. The molecule has 2 rings (SSSR count). The summed E-state index contributed by atoms with van der Waals surface area (Å²) in [6.07, 6.45) is 0. The number of nitrogens with zero attached hydrogens (tertiary/aromatic N) is 1. The Morgan fingerprint density at radius 1 is 1.65 bits per heavy atom. The summed E-state index contributed by atoms with van der Waals surface area (Å²) in [7, 11) is 0. The first-order valence-electron chi connectivity index (χ1n) is 6.24. The van der Waals surface area contributed by atoms with Crippen LogP contribution < -0.4 is 5.32 Å². The third-order valence-corrected chi connectivity index (χ3v) is 3.50. The van der Waals surface area contributed by atoms with Gasteiger partial charge < -0.3 is 20.1 Å². The van der Waals surface area contributed by atoms with E-state index in [1.807, 2.05) is 0 Å². The number of carbonyl (C=O) groups excluding carboxylic acids is 1. The summed E-state index contributed by atoms with van der Waals surface area (Å²) in [4.78, 5) is 13.7. The number of anilines is 1. The van der Waals surface area contributed by atoms with Crippen LogP contribution in [0.5, 0.6) is 0 Å². The summed E-state index contributed by atoms with van der Waals surface area (Å²) in [6, 6.07) is 1.86. The average Bonchev–Trinajstić information content (AvgIpc) is 2.44. The number of aliphatic hydroxyl groups excluding tert-OH is 1. The van der Waals surface area contributed by atoms with Crippen molar-refractivity contribution in [1.82, 2.24) is 4.90 Å². The second kappa shape index (κ2) is 6.39. The van der Waals surface area contributed by atoms with Gasteiger partial charge in [-0.1, -0.05) is 11.6 Å². The van der Waals surface area contributed by atoms with Gasteiger partial charge in [0.25, 0.3) is 0 Å². The lowest BCUT2D eigenvalue weighted by atomic mass is 10.2. The molecule has 1 saturated heterocycles. The van der Waals surface area contributed by atoms with Crippen LogP contribution in [-0.4, -0.2) is 48.4 Å². The molecule has 1 aliphatic heterocycles. The monoisotopic (exact) mass is 302 g/mol. The van der Waals surface area contributed by atoms with E-state index in [-0.39, 0.29) is 23.7 Å². The Balaban J connectivity index is 2.13. The summed E-state index contributed by atoms with van der Waals surface area (Å²) >= 11 is 5.91. The third-order valence-electron chi connectivity index (χ3n) is 3.19. The van der Waals surface area contributed by atoms with Crippen LogP contribution in [0, 0.1) is 12.7 Å². The molecule has 1 unspecified atom stereocenters. The van der Waals surface area contributed by atoms with Crippen LogP contribution >= 0.6 is 11.6 Å². The van der Waals surface area contributed by atoms with E-state index < -0.39 is 5.82 Å². The van der Waals surface area contributed by atoms with Crippen molar-refractivity contribution in [2.24, 2.45) is 0 Å². The molecule has 0 spiro atoms. The average molecular weight is 303 g/mol. The van der Waals surface area contributed by atoms with E-state index in [1.54, 1.807) is 6.92 Å². The summed E-state index contributed by atoms with van der Waals surface area (Å²) in [5.74, 6) is -0.424. The van der Waals surface area contributed by atoms with E-state index in [4.69, 9.17) is 16.3 Å². The Bertz CT molecular complexity index is 513. The van der Waals surface area contributed by atoms with Crippen LogP contribution in [0.3, 0.4) is 0 Å². The minimum absolute atomic E-state index is 0.134. The molecule has 0 radical (unpaired) electrons. The Morgan fingerprint density at radius 3 is 3.10 bits per heavy atom.